The summed E-state index contributed by atoms with van der Waals surface area (Å²) < 4.78 is 0. The number of rotatable bonds is 4. The van der Waals surface area contributed by atoms with Crippen LogP contribution in [-0.2, 0) is 4.79 Å². The van der Waals surface area contributed by atoms with Gasteiger partial charge in [0.15, 0.2) is 0 Å². The lowest BCUT2D eigenvalue weighted by Gasteiger charge is -2.23. The Hall–Kier alpha value is -0.610. The summed E-state index contributed by atoms with van der Waals surface area (Å²) in [4.78, 5) is 13.9. The molecule has 3 N–H and O–H groups in total. The predicted molar refractivity (Wildman–Crippen MR) is 68.6 cm³/mol. The third kappa shape index (κ3) is 5.04. The molecule has 0 saturated carbocycles. The van der Waals surface area contributed by atoms with Crippen LogP contribution < -0.4 is 5.73 Å². The topological polar surface area (TPSA) is 66.6 Å². The fourth-order valence-electron chi connectivity index (χ4n) is 2.34. The summed E-state index contributed by atoms with van der Waals surface area (Å²) >= 11 is 0. The number of hydrogen-bond donors (Lipinski definition) is 2. The number of nitrogens with two attached hydrogens (primary N) is 1. The summed E-state index contributed by atoms with van der Waals surface area (Å²) in [5.41, 5.74) is 5.28. The normalized spacial score (nSPS) is 27.6. The van der Waals surface area contributed by atoms with E-state index in [9.17, 15) is 9.90 Å². The number of amides is 1. The molecule has 4 nitrogen and oxygen atoms in total. The first-order valence-corrected chi connectivity index (χ1v) is 6.70. The molecule has 0 spiro atoms. The molecule has 1 aliphatic rings. The summed E-state index contributed by atoms with van der Waals surface area (Å²) in [6, 6.07) is -0.0173. The Morgan fingerprint density at radius 2 is 2.18 bits per heavy atom. The Bertz CT molecular complexity index is 254. The number of hydrogen-bond acceptors (Lipinski definition) is 3. The zero-order chi connectivity index (χ0) is 12.9. The van der Waals surface area contributed by atoms with Crippen molar-refractivity contribution in [2.45, 2.75) is 64.0 Å². The fourth-order valence-corrected chi connectivity index (χ4v) is 2.34. The van der Waals surface area contributed by atoms with Crippen LogP contribution in [0.25, 0.3) is 0 Å². The number of carbonyl (C=O) groups excluding carboxylic acids is 1. The average Bonchev–Trinajstić information content (AvgIpc) is 2.39. The summed E-state index contributed by atoms with van der Waals surface area (Å²) in [6.45, 7) is 5.34. The van der Waals surface area contributed by atoms with Crippen LogP contribution in [0.3, 0.4) is 0 Å². The van der Waals surface area contributed by atoms with Gasteiger partial charge in [0.2, 0.25) is 5.91 Å². The minimum absolute atomic E-state index is 0.0173. The zero-order valence-electron chi connectivity index (χ0n) is 11.1. The van der Waals surface area contributed by atoms with E-state index in [4.69, 9.17) is 5.73 Å². The van der Waals surface area contributed by atoms with Gasteiger partial charge in [0, 0.05) is 25.6 Å². The Labute approximate surface area is 104 Å². The van der Waals surface area contributed by atoms with Crippen molar-refractivity contribution >= 4 is 5.91 Å². The van der Waals surface area contributed by atoms with Gasteiger partial charge in [0.05, 0.1) is 5.60 Å². The molecular weight excluding hydrogens is 216 g/mol. The average molecular weight is 242 g/mol. The van der Waals surface area contributed by atoms with Crippen LogP contribution in [0.15, 0.2) is 0 Å². The second kappa shape index (κ2) is 6.36. The van der Waals surface area contributed by atoms with Gasteiger partial charge in [-0.3, -0.25) is 4.79 Å². The van der Waals surface area contributed by atoms with Crippen molar-refractivity contribution in [3.8, 4) is 0 Å². The third-order valence-electron chi connectivity index (χ3n) is 3.51. The van der Waals surface area contributed by atoms with E-state index in [1.807, 2.05) is 11.8 Å². The first-order valence-electron chi connectivity index (χ1n) is 6.70. The maximum absolute atomic E-state index is 12.0. The highest BCUT2D eigenvalue weighted by atomic mass is 16.3. The number of nitrogens with zero attached hydrogens (tertiary/aromatic N) is 1. The SMILES string of the molecule is CCCC(N)CC(=O)N1CCCC(C)(O)CC1. The maximum Gasteiger partial charge on any atom is 0.224 e. The Balaban J connectivity index is 2.41. The summed E-state index contributed by atoms with van der Waals surface area (Å²) in [6.07, 6.45) is 4.68. The molecule has 0 aliphatic carbocycles. The zero-order valence-corrected chi connectivity index (χ0v) is 11.1. The molecule has 2 atom stereocenters. The molecular formula is C13H26N2O2. The molecule has 0 aromatic carbocycles. The lowest BCUT2D eigenvalue weighted by atomic mass is 9.98. The van der Waals surface area contributed by atoms with Gasteiger partial charge in [0.1, 0.15) is 0 Å². The summed E-state index contributed by atoms with van der Waals surface area (Å²) in [7, 11) is 0. The van der Waals surface area contributed by atoms with Gasteiger partial charge < -0.3 is 15.7 Å². The molecule has 1 fully saturated rings. The molecule has 2 unspecified atom stereocenters. The quantitative estimate of drug-likeness (QED) is 0.780. The monoisotopic (exact) mass is 242 g/mol. The predicted octanol–water partition coefficient (Wildman–Crippen LogP) is 1.27. The van der Waals surface area contributed by atoms with Crippen LogP contribution in [0.4, 0.5) is 0 Å². The van der Waals surface area contributed by atoms with Gasteiger partial charge in [-0.1, -0.05) is 13.3 Å². The van der Waals surface area contributed by atoms with Crippen molar-refractivity contribution in [3.05, 3.63) is 0 Å². The van der Waals surface area contributed by atoms with Crippen molar-refractivity contribution in [3.63, 3.8) is 0 Å². The molecule has 4 heteroatoms. The van der Waals surface area contributed by atoms with Crippen LogP contribution in [0.1, 0.15) is 52.4 Å². The third-order valence-corrected chi connectivity index (χ3v) is 3.51. The van der Waals surface area contributed by atoms with E-state index in [0.29, 0.717) is 19.4 Å². The van der Waals surface area contributed by atoms with Gasteiger partial charge in [-0.25, -0.2) is 0 Å². The van der Waals surface area contributed by atoms with E-state index < -0.39 is 5.60 Å². The van der Waals surface area contributed by atoms with Gasteiger partial charge in [0.25, 0.3) is 0 Å². The van der Waals surface area contributed by atoms with Crippen molar-refractivity contribution in [2.24, 2.45) is 5.73 Å². The van der Waals surface area contributed by atoms with Crippen LogP contribution in [0.5, 0.6) is 0 Å². The molecule has 1 saturated heterocycles. The van der Waals surface area contributed by atoms with E-state index in [0.717, 1.165) is 32.2 Å². The number of likely N-dealkylation sites (tertiary alicyclic amines) is 1. The first-order chi connectivity index (χ1) is 7.94. The minimum atomic E-state index is -0.611. The standard InChI is InChI=1S/C13H26N2O2/c1-3-5-11(14)10-12(16)15-8-4-6-13(2,17)7-9-15/h11,17H,3-10,14H2,1-2H3. The molecule has 100 valence electrons. The molecule has 1 heterocycles. The van der Waals surface area contributed by atoms with E-state index >= 15 is 0 Å². The van der Waals surface area contributed by atoms with Crippen molar-refractivity contribution in [1.82, 2.24) is 4.90 Å². The van der Waals surface area contributed by atoms with Crippen LogP contribution in [0, 0.1) is 0 Å². The first kappa shape index (κ1) is 14.5. The second-order valence-electron chi connectivity index (χ2n) is 5.48. The fraction of sp³-hybridized carbons (Fsp3) is 0.923. The highest BCUT2D eigenvalue weighted by Crippen LogP contribution is 2.21. The van der Waals surface area contributed by atoms with E-state index in [1.165, 1.54) is 0 Å². The van der Waals surface area contributed by atoms with Crippen molar-refractivity contribution in [1.29, 1.82) is 0 Å². The smallest absolute Gasteiger partial charge is 0.224 e. The van der Waals surface area contributed by atoms with Crippen molar-refractivity contribution in [2.75, 3.05) is 13.1 Å². The highest BCUT2D eigenvalue weighted by Gasteiger charge is 2.27. The molecule has 0 bridgehead atoms. The molecule has 0 aromatic heterocycles. The molecule has 1 amide bonds. The van der Waals surface area contributed by atoms with E-state index in [-0.39, 0.29) is 11.9 Å². The molecule has 17 heavy (non-hydrogen) atoms. The molecule has 0 radical (unpaired) electrons. The molecule has 0 aromatic rings. The maximum atomic E-state index is 12.0. The Kier molecular flexibility index (Phi) is 5.40. The highest BCUT2D eigenvalue weighted by molar-refractivity contribution is 5.76. The van der Waals surface area contributed by atoms with Gasteiger partial charge in [-0.05, 0) is 32.6 Å². The van der Waals surface area contributed by atoms with E-state index in [2.05, 4.69) is 6.92 Å². The Morgan fingerprint density at radius 3 is 2.82 bits per heavy atom. The van der Waals surface area contributed by atoms with E-state index in [1.54, 1.807) is 0 Å². The molecule has 1 aliphatic heterocycles. The van der Waals surface area contributed by atoms with Crippen molar-refractivity contribution < 1.29 is 9.90 Å². The van der Waals surface area contributed by atoms with Gasteiger partial charge >= 0.3 is 0 Å². The number of carbonyl (C=O) groups is 1. The second-order valence-corrected chi connectivity index (χ2v) is 5.48. The minimum Gasteiger partial charge on any atom is -0.390 e. The lowest BCUT2D eigenvalue weighted by molar-refractivity contribution is -0.131. The Morgan fingerprint density at radius 1 is 1.47 bits per heavy atom. The van der Waals surface area contributed by atoms with Gasteiger partial charge in [-0.15, -0.1) is 0 Å². The van der Waals surface area contributed by atoms with Gasteiger partial charge in [-0.2, -0.15) is 0 Å². The molecule has 1 rings (SSSR count). The van der Waals surface area contributed by atoms with Crippen LogP contribution >= 0.6 is 0 Å². The lowest BCUT2D eigenvalue weighted by Crippen LogP contribution is -2.37. The summed E-state index contributed by atoms with van der Waals surface area (Å²) in [5.74, 6) is 0.142. The van der Waals surface area contributed by atoms with Crippen LogP contribution in [-0.4, -0.2) is 40.6 Å². The van der Waals surface area contributed by atoms with Crippen LogP contribution in [0.2, 0.25) is 0 Å². The number of aliphatic hydroxyl groups is 1. The summed E-state index contributed by atoms with van der Waals surface area (Å²) in [5, 5.41) is 9.96. The largest absolute Gasteiger partial charge is 0.390 e.